The molecule has 0 spiro atoms. The van der Waals surface area contributed by atoms with Gasteiger partial charge in [-0.1, -0.05) is 54.6 Å². The van der Waals surface area contributed by atoms with Gasteiger partial charge in [0.15, 0.2) is 11.9 Å². The number of hydrogen-bond donors (Lipinski definition) is 1. The standard InChI is InChI=1S/C17H14O3/c18-14-9-5-4-8-13(14)16(19)17-15(20-17)11-10-12-6-2-1-3-7-12/h1-11,15,17-18H/b11-10+/t15-,17+/m1/s1. The van der Waals surface area contributed by atoms with E-state index in [1.807, 2.05) is 42.5 Å². The second kappa shape index (κ2) is 5.31. The van der Waals surface area contributed by atoms with Crippen LogP contribution in [0.15, 0.2) is 60.7 Å². The lowest BCUT2D eigenvalue weighted by atomic mass is 10.1. The van der Waals surface area contributed by atoms with Crippen LogP contribution in [0.3, 0.4) is 0 Å². The lowest BCUT2D eigenvalue weighted by molar-refractivity contribution is 0.0951. The number of epoxide rings is 1. The van der Waals surface area contributed by atoms with Crippen LogP contribution < -0.4 is 0 Å². The van der Waals surface area contributed by atoms with E-state index >= 15 is 0 Å². The third-order valence-electron chi connectivity index (χ3n) is 3.23. The first kappa shape index (κ1) is 12.6. The maximum atomic E-state index is 12.1. The zero-order valence-electron chi connectivity index (χ0n) is 10.8. The Labute approximate surface area is 117 Å². The van der Waals surface area contributed by atoms with Gasteiger partial charge in [0.2, 0.25) is 0 Å². The van der Waals surface area contributed by atoms with Crippen LogP contribution >= 0.6 is 0 Å². The summed E-state index contributed by atoms with van der Waals surface area (Å²) in [4.78, 5) is 12.1. The van der Waals surface area contributed by atoms with Crippen LogP contribution in [-0.4, -0.2) is 23.1 Å². The smallest absolute Gasteiger partial charge is 0.198 e. The number of carbonyl (C=O) groups excluding carboxylic acids is 1. The predicted octanol–water partition coefficient (Wildman–Crippen LogP) is 3.06. The number of hydrogen-bond acceptors (Lipinski definition) is 3. The third-order valence-corrected chi connectivity index (χ3v) is 3.23. The molecule has 2 atom stereocenters. The van der Waals surface area contributed by atoms with Crippen LogP contribution in [0.1, 0.15) is 15.9 Å². The number of phenols is 1. The predicted molar refractivity (Wildman–Crippen MR) is 76.6 cm³/mol. The van der Waals surface area contributed by atoms with E-state index in [2.05, 4.69) is 0 Å². The molecular weight excluding hydrogens is 252 g/mol. The van der Waals surface area contributed by atoms with Crippen LogP contribution in [0.4, 0.5) is 0 Å². The second-order valence-corrected chi connectivity index (χ2v) is 4.67. The fourth-order valence-corrected chi connectivity index (χ4v) is 2.09. The Morgan fingerprint density at radius 1 is 1.05 bits per heavy atom. The SMILES string of the molecule is O=C(c1ccccc1O)[C@H]1O[C@@H]1/C=C/c1ccccc1. The summed E-state index contributed by atoms with van der Waals surface area (Å²) in [5, 5.41) is 9.66. The molecule has 3 rings (SSSR count). The van der Waals surface area contributed by atoms with E-state index in [0.29, 0.717) is 5.56 Å². The summed E-state index contributed by atoms with van der Waals surface area (Å²) in [6.45, 7) is 0. The number of benzene rings is 2. The van der Waals surface area contributed by atoms with Crippen molar-refractivity contribution in [3.05, 3.63) is 71.8 Å². The molecule has 100 valence electrons. The van der Waals surface area contributed by atoms with Gasteiger partial charge in [0.25, 0.3) is 0 Å². The molecule has 0 unspecified atom stereocenters. The van der Waals surface area contributed by atoms with E-state index in [0.717, 1.165) is 5.56 Å². The Morgan fingerprint density at radius 3 is 2.50 bits per heavy atom. The summed E-state index contributed by atoms with van der Waals surface area (Å²) in [7, 11) is 0. The number of rotatable bonds is 4. The summed E-state index contributed by atoms with van der Waals surface area (Å²) in [5.74, 6) is -0.176. The minimum atomic E-state index is -0.483. The van der Waals surface area contributed by atoms with Crippen molar-refractivity contribution in [3.8, 4) is 5.75 Å². The van der Waals surface area contributed by atoms with E-state index in [1.165, 1.54) is 6.07 Å². The van der Waals surface area contributed by atoms with E-state index in [1.54, 1.807) is 18.2 Å². The molecule has 1 heterocycles. The maximum Gasteiger partial charge on any atom is 0.198 e. The van der Waals surface area contributed by atoms with Gasteiger partial charge in [-0.05, 0) is 17.7 Å². The monoisotopic (exact) mass is 266 g/mol. The molecule has 1 aliphatic heterocycles. The van der Waals surface area contributed by atoms with Gasteiger partial charge < -0.3 is 9.84 Å². The van der Waals surface area contributed by atoms with Gasteiger partial charge in [-0.3, -0.25) is 4.79 Å². The zero-order valence-corrected chi connectivity index (χ0v) is 10.8. The summed E-state index contributed by atoms with van der Waals surface area (Å²) in [5.41, 5.74) is 1.38. The molecule has 0 saturated carbocycles. The Hall–Kier alpha value is -2.39. The molecule has 0 amide bonds. The number of ether oxygens (including phenoxy) is 1. The number of phenolic OH excluding ortho intramolecular Hbond substituents is 1. The van der Waals surface area contributed by atoms with Crippen molar-refractivity contribution in [2.75, 3.05) is 0 Å². The highest BCUT2D eigenvalue weighted by molar-refractivity contribution is 6.03. The average molecular weight is 266 g/mol. The molecule has 3 nitrogen and oxygen atoms in total. The summed E-state index contributed by atoms with van der Waals surface area (Å²) in [6, 6.07) is 16.4. The Kier molecular flexibility index (Phi) is 3.35. The molecule has 0 radical (unpaired) electrons. The summed E-state index contributed by atoms with van der Waals surface area (Å²) in [6.07, 6.45) is 3.12. The van der Waals surface area contributed by atoms with Crippen LogP contribution in [-0.2, 0) is 4.74 Å². The van der Waals surface area contributed by atoms with Crippen molar-refractivity contribution in [2.45, 2.75) is 12.2 Å². The quantitative estimate of drug-likeness (QED) is 0.683. The van der Waals surface area contributed by atoms with Gasteiger partial charge in [-0.2, -0.15) is 0 Å². The molecule has 2 aromatic rings. The van der Waals surface area contributed by atoms with Crippen molar-refractivity contribution in [2.24, 2.45) is 0 Å². The molecular formula is C17H14O3. The molecule has 1 aliphatic rings. The van der Waals surface area contributed by atoms with Crippen LogP contribution in [0.5, 0.6) is 5.75 Å². The third kappa shape index (κ3) is 2.63. The molecule has 0 aliphatic carbocycles. The fraction of sp³-hybridized carbons (Fsp3) is 0.118. The number of para-hydroxylation sites is 1. The molecule has 1 fully saturated rings. The van der Waals surface area contributed by atoms with Crippen molar-refractivity contribution in [1.82, 2.24) is 0 Å². The Balaban J connectivity index is 1.66. The Bertz CT molecular complexity index is 646. The van der Waals surface area contributed by atoms with Crippen molar-refractivity contribution < 1.29 is 14.6 Å². The maximum absolute atomic E-state index is 12.1. The average Bonchev–Trinajstić information content (AvgIpc) is 3.26. The van der Waals surface area contributed by atoms with Gasteiger partial charge in [0.1, 0.15) is 11.9 Å². The van der Waals surface area contributed by atoms with Crippen LogP contribution in [0, 0.1) is 0 Å². The second-order valence-electron chi connectivity index (χ2n) is 4.67. The normalized spacial score (nSPS) is 21.0. The number of ketones is 1. The van der Waals surface area contributed by atoms with Gasteiger partial charge >= 0.3 is 0 Å². The first-order valence-electron chi connectivity index (χ1n) is 6.46. The van der Waals surface area contributed by atoms with E-state index < -0.39 is 6.10 Å². The first-order chi connectivity index (χ1) is 9.75. The van der Waals surface area contributed by atoms with Gasteiger partial charge in [0.05, 0.1) is 5.56 Å². The van der Waals surface area contributed by atoms with Crippen molar-refractivity contribution in [3.63, 3.8) is 0 Å². The van der Waals surface area contributed by atoms with Gasteiger partial charge in [-0.15, -0.1) is 0 Å². The van der Waals surface area contributed by atoms with Gasteiger partial charge in [-0.25, -0.2) is 0 Å². The molecule has 1 saturated heterocycles. The lowest BCUT2D eigenvalue weighted by Gasteiger charge is -1.99. The molecule has 2 aromatic carbocycles. The minimum Gasteiger partial charge on any atom is -0.507 e. The molecule has 0 aromatic heterocycles. The molecule has 20 heavy (non-hydrogen) atoms. The highest BCUT2D eigenvalue weighted by atomic mass is 16.6. The topological polar surface area (TPSA) is 49.8 Å². The van der Waals surface area contributed by atoms with Crippen LogP contribution in [0.25, 0.3) is 6.08 Å². The summed E-state index contributed by atoms with van der Waals surface area (Å²) >= 11 is 0. The van der Waals surface area contributed by atoms with Crippen LogP contribution in [0.2, 0.25) is 0 Å². The lowest BCUT2D eigenvalue weighted by Crippen LogP contribution is -2.09. The first-order valence-corrected chi connectivity index (χ1v) is 6.46. The van der Waals surface area contributed by atoms with Crippen molar-refractivity contribution in [1.29, 1.82) is 0 Å². The number of carbonyl (C=O) groups is 1. The largest absolute Gasteiger partial charge is 0.507 e. The summed E-state index contributed by atoms with van der Waals surface area (Å²) < 4.78 is 5.36. The zero-order chi connectivity index (χ0) is 13.9. The number of aromatic hydroxyl groups is 1. The molecule has 1 N–H and O–H groups in total. The highest BCUT2D eigenvalue weighted by Crippen LogP contribution is 2.30. The van der Waals surface area contributed by atoms with E-state index in [4.69, 9.17) is 4.74 Å². The fourth-order valence-electron chi connectivity index (χ4n) is 2.09. The highest BCUT2D eigenvalue weighted by Gasteiger charge is 2.43. The van der Waals surface area contributed by atoms with Crippen molar-refractivity contribution >= 4 is 11.9 Å². The van der Waals surface area contributed by atoms with Gasteiger partial charge in [0, 0.05) is 0 Å². The van der Waals surface area contributed by atoms with E-state index in [9.17, 15) is 9.90 Å². The minimum absolute atomic E-state index is 0.00112. The molecule has 0 bridgehead atoms. The van der Waals surface area contributed by atoms with E-state index in [-0.39, 0.29) is 17.6 Å². The number of Topliss-reactive ketones (excluding diaryl/α,β-unsaturated/α-hetero) is 1. The molecule has 3 heteroatoms. The Morgan fingerprint density at radius 2 is 1.75 bits per heavy atom.